The molecule has 0 aromatic heterocycles. The zero-order valence-corrected chi connectivity index (χ0v) is 12.8. The Bertz CT molecular complexity index is 376. The molecule has 1 unspecified atom stereocenters. The lowest BCUT2D eigenvalue weighted by Crippen LogP contribution is -2.54. The topological polar surface area (TPSA) is 66.6 Å². The number of hydrogen-bond acceptors (Lipinski definition) is 4. The van der Waals surface area contributed by atoms with Crippen molar-refractivity contribution in [1.82, 2.24) is 9.21 Å². The number of thiocarbonyl (C=S) groups is 1. The van der Waals surface area contributed by atoms with E-state index in [9.17, 15) is 8.42 Å². The Hall–Kier alpha value is -0.240. The third-order valence-electron chi connectivity index (χ3n) is 3.38. The number of hydrogen-bond donors (Lipinski definition) is 1. The summed E-state index contributed by atoms with van der Waals surface area (Å²) in [5, 5.41) is 0. The highest BCUT2D eigenvalue weighted by Crippen LogP contribution is 2.12. The number of sulfonamides is 1. The molecule has 0 amide bonds. The molecule has 0 aromatic rings. The molecule has 5 nitrogen and oxygen atoms in total. The average molecular weight is 293 g/mol. The van der Waals surface area contributed by atoms with Crippen LogP contribution < -0.4 is 5.73 Å². The molecule has 0 aromatic carbocycles. The first-order valence-electron chi connectivity index (χ1n) is 6.39. The monoisotopic (exact) mass is 293 g/mol. The van der Waals surface area contributed by atoms with Crippen LogP contribution in [0.1, 0.15) is 26.7 Å². The van der Waals surface area contributed by atoms with Gasteiger partial charge in [-0.3, -0.25) is 4.90 Å². The molecule has 1 atom stereocenters. The van der Waals surface area contributed by atoms with Crippen LogP contribution >= 0.6 is 12.2 Å². The standard InChI is InChI=1S/C11H23N3O2S2/c1-3-4-9-18(15,16)14-7-5-13(6-8-14)10(2)11(12)17/h10H,3-9H2,1-2H3,(H2,12,17). The van der Waals surface area contributed by atoms with Crippen LogP contribution in [0.3, 0.4) is 0 Å². The molecule has 1 aliphatic rings. The molecule has 2 N–H and O–H groups in total. The smallest absolute Gasteiger partial charge is 0.214 e. The Labute approximate surface area is 115 Å². The quantitative estimate of drug-likeness (QED) is 0.719. The minimum atomic E-state index is -3.07. The van der Waals surface area contributed by atoms with E-state index >= 15 is 0 Å². The first-order valence-corrected chi connectivity index (χ1v) is 8.41. The van der Waals surface area contributed by atoms with Crippen molar-refractivity contribution in [3.63, 3.8) is 0 Å². The fourth-order valence-corrected chi connectivity index (χ4v) is 3.79. The normalized spacial score (nSPS) is 20.8. The van der Waals surface area contributed by atoms with Crippen molar-refractivity contribution in [2.24, 2.45) is 5.73 Å². The van der Waals surface area contributed by atoms with Crippen molar-refractivity contribution >= 4 is 27.2 Å². The van der Waals surface area contributed by atoms with Crippen molar-refractivity contribution in [1.29, 1.82) is 0 Å². The lowest BCUT2D eigenvalue weighted by Gasteiger charge is -2.37. The van der Waals surface area contributed by atoms with Crippen molar-refractivity contribution in [2.45, 2.75) is 32.7 Å². The first kappa shape index (κ1) is 15.8. The molecule has 0 radical (unpaired) electrons. The fraction of sp³-hybridized carbons (Fsp3) is 0.909. The average Bonchev–Trinajstić information content (AvgIpc) is 2.35. The molecule has 1 fully saturated rings. The number of rotatable bonds is 6. The van der Waals surface area contributed by atoms with Gasteiger partial charge in [0.25, 0.3) is 0 Å². The highest BCUT2D eigenvalue weighted by Gasteiger charge is 2.28. The Balaban J connectivity index is 2.51. The van der Waals surface area contributed by atoms with E-state index in [1.165, 1.54) is 0 Å². The summed E-state index contributed by atoms with van der Waals surface area (Å²) in [5.41, 5.74) is 5.61. The number of nitrogens with zero attached hydrogens (tertiary/aromatic N) is 2. The van der Waals surface area contributed by atoms with Gasteiger partial charge in [0.1, 0.15) is 0 Å². The van der Waals surface area contributed by atoms with Gasteiger partial charge < -0.3 is 5.73 Å². The highest BCUT2D eigenvalue weighted by atomic mass is 32.2. The molecule has 18 heavy (non-hydrogen) atoms. The van der Waals surface area contributed by atoms with Gasteiger partial charge in [-0.2, -0.15) is 4.31 Å². The minimum absolute atomic E-state index is 0.0421. The van der Waals surface area contributed by atoms with Crippen LogP contribution in [0.5, 0.6) is 0 Å². The maximum atomic E-state index is 12.0. The van der Waals surface area contributed by atoms with Gasteiger partial charge in [0.2, 0.25) is 10.0 Å². The summed E-state index contributed by atoms with van der Waals surface area (Å²) in [6.45, 7) is 6.44. The molecule has 0 spiro atoms. The van der Waals surface area contributed by atoms with Crippen molar-refractivity contribution in [2.75, 3.05) is 31.9 Å². The van der Waals surface area contributed by atoms with Crippen molar-refractivity contribution in [3.8, 4) is 0 Å². The molecule has 1 aliphatic heterocycles. The van der Waals surface area contributed by atoms with Gasteiger partial charge in [0.05, 0.1) is 16.8 Å². The molecule has 7 heteroatoms. The highest BCUT2D eigenvalue weighted by molar-refractivity contribution is 7.89. The maximum absolute atomic E-state index is 12.0. The molecule has 0 bridgehead atoms. The Kier molecular flexibility index (Phi) is 5.97. The third-order valence-corrected chi connectivity index (χ3v) is 5.68. The third kappa shape index (κ3) is 4.15. The summed E-state index contributed by atoms with van der Waals surface area (Å²) >= 11 is 4.96. The van der Waals surface area contributed by atoms with Gasteiger partial charge in [-0.05, 0) is 13.3 Å². The number of piperazine rings is 1. The number of unbranched alkanes of at least 4 members (excludes halogenated alkanes) is 1. The van der Waals surface area contributed by atoms with Gasteiger partial charge in [-0.15, -0.1) is 0 Å². The van der Waals surface area contributed by atoms with E-state index in [2.05, 4.69) is 4.90 Å². The van der Waals surface area contributed by atoms with Crippen LogP contribution in [-0.2, 0) is 10.0 Å². The molecular formula is C11H23N3O2S2. The lowest BCUT2D eigenvalue weighted by atomic mass is 10.2. The summed E-state index contributed by atoms with van der Waals surface area (Å²) < 4.78 is 25.6. The lowest BCUT2D eigenvalue weighted by molar-refractivity contribution is 0.175. The molecule has 1 rings (SSSR count). The number of nitrogens with two attached hydrogens (primary N) is 1. The van der Waals surface area contributed by atoms with Crippen LogP contribution in [0.15, 0.2) is 0 Å². The molecule has 1 saturated heterocycles. The van der Waals surface area contributed by atoms with E-state index in [-0.39, 0.29) is 11.8 Å². The van der Waals surface area contributed by atoms with E-state index in [1.807, 2.05) is 13.8 Å². The zero-order chi connectivity index (χ0) is 13.8. The first-order chi connectivity index (χ1) is 8.38. The van der Waals surface area contributed by atoms with E-state index in [0.29, 0.717) is 31.2 Å². The van der Waals surface area contributed by atoms with E-state index in [0.717, 1.165) is 12.8 Å². The van der Waals surface area contributed by atoms with Crippen LogP contribution in [0.4, 0.5) is 0 Å². The summed E-state index contributed by atoms with van der Waals surface area (Å²) in [4.78, 5) is 2.60. The fourth-order valence-electron chi connectivity index (χ4n) is 2.00. The Morgan fingerprint density at radius 1 is 1.33 bits per heavy atom. The van der Waals surface area contributed by atoms with Crippen LogP contribution in [0.25, 0.3) is 0 Å². The zero-order valence-electron chi connectivity index (χ0n) is 11.1. The van der Waals surface area contributed by atoms with Gasteiger partial charge >= 0.3 is 0 Å². The second kappa shape index (κ2) is 6.79. The summed E-state index contributed by atoms with van der Waals surface area (Å²) in [5.74, 6) is 0.258. The maximum Gasteiger partial charge on any atom is 0.214 e. The molecular weight excluding hydrogens is 270 g/mol. The second-order valence-electron chi connectivity index (χ2n) is 4.68. The molecule has 0 saturated carbocycles. The van der Waals surface area contributed by atoms with Crippen molar-refractivity contribution < 1.29 is 8.42 Å². The van der Waals surface area contributed by atoms with E-state index in [1.54, 1.807) is 4.31 Å². The van der Waals surface area contributed by atoms with Gasteiger partial charge in [0.15, 0.2) is 0 Å². The predicted octanol–water partition coefficient (Wildman–Crippen LogP) is 0.409. The van der Waals surface area contributed by atoms with Crippen LogP contribution in [0.2, 0.25) is 0 Å². The summed E-state index contributed by atoms with van der Waals surface area (Å²) in [7, 11) is -3.07. The summed E-state index contributed by atoms with van der Waals surface area (Å²) in [6, 6.07) is 0.0421. The SMILES string of the molecule is CCCCS(=O)(=O)N1CCN(C(C)C(N)=S)CC1. The molecule has 1 heterocycles. The predicted molar refractivity (Wildman–Crippen MR) is 78.1 cm³/mol. The Morgan fingerprint density at radius 2 is 1.89 bits per heavy atom. The van der Waals surface area contributed by atoms with E-state index < -0.39 is 10.0 Å². The Morgan fingerprint density at radius 3 is 2.33 bits per heavy atom. The van der Waals surface area contributed by atoms with Gasteiger partial charge in [0, 0.05) is 26.2 Å². The summed E-state index contributed by atoms with van der Waals surface area (Å²) in [6.07, 6.45) is 1.63. The second-order valence-corrected chi connectivity index (χ2v) is 7.24. The van der Waals surface area contributed by atoms with Gasteiger partial charge in [-0.1, -0.05) is 25.6 Å². The van der Waals surface area contributed by atoms with Crippen LogP contribution in [0, 0.1) is 0 Å². The molecule has 106 valence electrons. The van der Waals surface area contributed by atoms with Crippen LogP contribution in [-0.4, -0.2) is 60.6 Å². The van der Waals surface area contributed by atoms with E-state index in [4.69, 9.17) is 18.0 Å². The van der Waals surface area contributed by atoms with Crippen molar-refractivity contribution in [3.05, 3.63) is 0 Å². The molecule has 0 aliphatic carbocycles. The largest absolute Gasteiger partial charge is 0.392 e. The van der Waals surface area contributed by atoms with Gasteiger partial charge in [-0.25, -0.2) is 8.42 Å². The minimum Gasteiger partial charge on any atom is -0.392 e.